The summed E-state index contributed by atoms with van der Waals surface area (Å²) < 4.78 is 10.5. The first-order valence-corrected chi connectivity index (χ1v) is 6.12. The number of aliphatic hydroxyl groups is 1. The topological polar surface area (TPSA) is 67.8 Å². The van der Waals surface area contributed by atoms with Gasteiger partial charge in [0.15, 0.2) is 6.23 Å². The number of hydrogen-bond donors (Lipinski definition) is 2. The van der Waals surface area contributed by atoms with Crippen LogP contribution < -0.4 is 10.8 Å². The second-order valence-electron chi connectivity index (χ2n) is 5.39. The van der Waals surface area contributed by atoms with E-state index >= 15 is 0 Å². The number of carbonyl (C=O) groups excluding carboxylic acids is 1. The van der Waals surface area contributed by atoms with E-state index in [9.17, 15) is 9.90 Å². The van der Waals surface area contributed by atoms with E-state index < -0.39 is 24.0 Å². The Labute approximate surface area is 113 Å². The molecule has 2 N–H and O–H groups in total. The van der Waals surface area contributed by atoms with E-state index in [-0.39, 0.29) is 0 Å². The zero-order valence-electron chi connectivity index (χ0n) is 11.2. The normalized spacial score (nSPS) is 19.3. The van der Waals surface area contributed by atoms with Crippen molar-refractivity contribution < 1.29 is 19.3 Å². The number of alkyl carbamates (subject to hydrolysis) is 1. The van der Waals surface area contributed by atoms with E-state index in [1.54, 1.807) is 28.3 Å². The van der Waals surface area contributed by atoms with E-state index in [1.165, 1.54) is 0 Å². The molecular formula is C13H17BNO4. The van der Waals surface area contributed by atoms with Crippen molar-refractivity contribution in [2.75, 3.05) is 0 Å². The number of fused-ring (bicyclic) bond motifs is 1. The van der Waals surface area contributed by atoms with Gasteiger partial charge in [-0.15, -0.1) is 0 Å². The quantitative estimate of drug-likeness (QED) is 0.612. The van der Waals surface area contributed by atoms with Gasteiger partial charge in [0, 0.05) is 0 Å². The van der Waals surface area contributed by atoms with Crippen LogP contribution in [0.25, 0.3) is 0 Å². The minimum absolute atomic E-state index is 0.607. The van der Waals surface area contributed by atoms with Crippen molar-refractivity contribution in [3.05, 3.63) is 29.8 Å². The molecule has 1 radical (unpaired) electrons. The van der Waals surface area contributed by atoms with Crippen molar-refractivity contribution in [2.24, 2.45) is 0 Å². The van der Waals surface area contributed by atoms with Crippen LogP contribution in [-0.2, 0) is 9.39 Å². The van der Waals surface area contributed by atoms with Gasteiger partial charge in [-0.1, -0.05) is 24.3 Å². The van der Waals surface area contributed by atoms with Gasteiger partial charge in [-0.25, -0.2) is 4.79 Å². The molecule has 1 amide bonds. The largest absolute Gasteiger partial charge is 0.444 e. The molecule has 0 saturated heterocycles. The second kappa shape index (κ2) is 5.23. The third-order valence-electron chi connectivity index (χ3n) is 2.60. The van der Waals surface area contributed by atoms with Gasteiger partial charge < -0.3 is 14.5 Å². The maximum absolute atomic E-state index is 11.6. The molecule has 0 aliphatic carbocycles. The first kappa shape index (κ1) is 13.9. The Morgan fingerprint density at radius 3 is 2.84 bits per heavy atom. The monoisotopic (exact) mass is 262 g/mol. The average molecular weight is 262 g/mol. The standard InChI is InChI=1S/C13H17BNO4/c1-13(2,3)18-12(17)15-11(16)10-8-6-4-5-7-9(8)14-19-10/h4-7,10-11,16H,1-3H3,(H,15,17). The van der Waals surface area contributed by atoms with Crippen molar-refractivity contribution in [3.8, 4) is 0 Å². The summed E-state index contributed by atoms with van der Waals surface area (Å²) in [7, 11) is 1.57. The number of carbonyl (C=O) groups is 1. The summed E-state index contributed by atoms with van der Waals surface area (Å²) in [6.07, 6.45) is -2.44. The third kappa shape index (κ3) is 3.48. The molecule has 0 saturated carbocycles. The Hall–Kier alpha value is -1.53. The zero-order chi connectivity index (χ0) is 14.0. The molecule has 0 spiro atoms. The fourth-order valence-corrected chi connectivity index (χ4v) is 1.85. The Morgan fingerprint density at radius 1 is 1.47 bits per heavy atom. The minimum Gasteiger partial charge on any atom is -0.444 e. The van der Waals surface area contributed by atoms with Crippen molar-refractivity contribution in [1.29, 1.82) is 0 Å². The van der Waals surface area contributed by atoms with Crippen LogP contribution in [0.2, 0.25) is 0 Å². The summed E-state index contributed by atoms with van der Waals surface area (Å²) in [5.41, 5.74) is 1.13. The molecule has 1 heterocycles. The van der Waals surface area contributed by atoms with E-state index in [0.29, 0.717) is 0 Å². The molecule has 2 atom stereocenters. The predicted octanol–water partition coefficient (Wildman–Crippen LogP) is 0.845. The van der Waals surface area contributed by atoms with Crippen LogP contribution in [0.3, 0.4) is 0 Å². The molecule has 101 valence electrons. The van der Waals surface area contributed by atoms with Gasteiger partial charge >= 0.3 is 13.6 Å². The van der Waals surface area contributed by atoms with Crippen LogP contribution in [0.1, 0.15) is 32.4 Å². The van der Waals surface area contributed by atoms with Crippen molar-refractivity contribution in [2.45, 2.75) is 38.7 Å². The highest BCUT2D eigenvalue weighted by molar-refractivity contribution is 6.49. The van der Waals surface area contributed by atoms with Crippen molar-refractivity contribution in [1.82, 2.24) is 5.32 Å². The van der Waals surface area contributed by atoms with E-state index in [0.717, 1.165) is 11.0 Å². The molecule has 19 heavy (non-hydrogen) atoms. The van der Waals surface area contributed by atoms with Gasteiger partial charge in [0.1, 0.15) is 11.7 Å². The molecule has 2 rings (SSSR count). The number of rotatable bonds is 2. The average Bonchev–Trinajstić information content (AvgIpc) is 2.69. The number of amides is 1. The molecule has 1 aliphatic heterocycles. The predicted molar refractivity (Wildman–Crippen MR) is 71.0 cm³/mol. The zero-order valence-corrected chi connectivity index (χ0v) is 11.2. The molecule has 6 heteroatoms. The SMILES string of the molecule is CC(C)(C)OC(=O)NC(O)C1O[B]c2ccccc21. The fraction of sp³-hybridized carbons (Fsp3) is 0.462. The van der Waals surface area contributed by atoms with E-state index in [4.69, 9.17) is 9.39 Å². The smallest absolute Gasteiger partial charge is 0.409 e. The molecule has 2 unspecified atom stereocenters. The first-order chi connectivity index (χ1) is 8.87. The summed E-state index contributed by atoms with van der Waals surface area (Å²) in [4.78, 5) is 11.6. The Bertz CT molecular complexity index is 472. The van der Waals surface area contributed by atoms with Crippen LogP contribution in [0, 0.1) is 0 Å². The minimum atomic E-state index is -1.16. The lowest BCUT2D eigenvalue weighted by atomic mass is 9.87. The molecule has 0 fully saturated rings. The van der Waals surface area contributed by atoms with Crippen molar-refractivity contribution >= 4 is 19.0 Å². The summed E-state index contributed by atoms with van der Waals surface area (Å²) in [6, 6.07) is 7.47. The fourth-order valence-electron chi connectivity index (χ4n) is 1.85. The second-order valence-corrected chi connectivity index (χ2v) is 5.39. The van der Waals surface area contributed by atoms with Crippen LogP contribution in [-0.4, -0.2) is 30.5 Å². The lowest BCUT2D eigenvalue weighted by molar-refractivity contribution is -0.000292. The summed E-state index contributed by atoms with van der Waals surface area (Å²) in [5, 5.41) is 12.4. The molecule has 1 aromatic rings. The number of ether oxygens (including phenoxy) is 1. The molecule has 0 aromatic heterocycles. The van der Waals surface area contributed by atoms with E-state index in [1.807, 2.05) is 24.3 Å². The van der Waals surface area contributed by atoms with Crippen LogP contribution >= 0.6 is 0 Å². The Kier molecular flexibility index (Phi) is 3.82. The highest BCUT2D eigenvalue weighted by atomic mass is 16.6. The molecule has 1 aliphatic rings. The van der Waals surface area contributed by atoms with Gasteiger partial charge in [-0.05, 0) is 31.8 Å². The lowest BCUT2D eigenvalue weighted by Crippen LogP contribution is -2.42. The van der Waals surface area contributed by atoms with Crippen LogP contribution in [0.15, 0.2) is 24.3 Å². The lowest BCUT2D eigenvalue weighted by Gasteiger charge is -2.24. The Balaban J connectivity index is 1.99. The maximum atomic E-state index is 11.6. The third-order valence-corrected chi connectivity index (χ3v) is 2.60. The molecule has 0 bridgehead atoms. The summed E-state index contributed by atoms with van der Waals surface area (Å²) >= 11 is 0. The van der Waals surface area contributed by atoms with Gasteiger partial charge in [0.05, 0.1) is 0 Å². The van der Waals surface area contributed by atoms with E-state index in [2.05, 4.69) is 5.32 Å². The highest BCUT2D eigenvalue weighted by Gasteiger charge is 2.31. The molecular weight excluding hydrogens is 245 g/mol. The number of hydrogen-bond acceptors (Lipinski definition) is 4. The summed E-state index contributed by atoms with van der Waals surface area (Å²) in [6.45, 7) is 5.27. The summed E-state index contributed by atoms with van der Waals surface area (Å²) in [5.74, 6) is 0. The van der Waals surface area contributed by atoms with Crippen LogP contribution in [0.5, 0.6) is 0 Å². The number of nitrogens with one attached hydrogen (secondary N) is 1. The maximum Gasteiger partial charge on any atom is 0.409 e. The number of aliphatic hydroxyl groups excluding tert-OH is 1. The van der Waals surface area contributed by atoms with Gasteiger partial charge in [-0.3, -0.25) is 5.32 Å². The number of benzene rings is 1. The van der Waals surface area contributed by atoms with Crippen LogP contribution in [0.4, 0.5) is 4.79 Å². The van der Waals surface area contributed by atoms with Gasteiger partial charge in [0.25, 0.3) is 0 Å². The molecule has 1 aromatic carbocycles. The van der Waals surface area contributed by atoms with Gasteiger partial charge in [-0.2, -0.15) is 0 Å². The van der Waals surface area contributed by atoms with Gasteiger partial charge in [0.2, 0.25) is 0 Å². The highest BCUT2D eigenvalue weighted by Crippen LogP contribution is 2.23. The molecule has 5 nitrogen and oxygen atoms in total. The van der Waals surface area contributed by atoms with Crippen molar-refractivity contribution in [3.63, 3.8) is 0 Å². The Morgan fingerprint density at radius 2 is 2.16 bits per heavy atom. The first-order valence-electron chi connectivity index (χ1n) is 6.12.